The maximum atomic E-state index is 13.3. The largest absolute Gasteiger partial charge is 0.353 e. The second kappa shape index (κ2) is 6.85. The predicted molar refractivity (Wildman–Crippen MR) is 97.4 cm³/mol. The summed E-state index contributed by atoms with van der Waals surface area (Å²) in [7, 11) is 0. The Morgan fingerprint density at radius 2 is 1.83 bits per heavy atom. The Hall–Kier alpha value is -1.65. The van der Waals surface area contributed by atoms with Crippen molar-refractivity contribution in [2.45, 2.75) is 31.2 Å². The number of hydrogen-bond acceptors (Lipinski definition) is 1. The Kier molecular flexibility index (Phi) is 4.83. The van der Waals surface area contributed by atoms with Crippen molar-refractivity contribution in [1.82, 2.24) is 5.32 Å². The maximum absolute atomic E-state index is 13.3. The molecule has 0 atom stereocenters. The molecule has 120 valence electrons. The fraction of sp³-hybridized carbons (Fsp3) is 0.278. The number of thiocarbonyl (C=S) groups is 1. The first kappa shape index (κ1) is 16.2. The molecule has 0 aliphatic heterocycles. The molecule has 2 N–H and O–H groups in total. The van der Waals surface area contributed by atoms with Crippen molar-refractivity contribution in [3.8, 4) is 0 Å². The molecule has 2 aromatic carbocycles. The first-order valence-corrected chi connectivity index (χ1v) is 8.47. The van der Waals surface area contributed by atoms with Crippen molar-refractivity contribution in [1.29, 1.82) is 0 Å². The van der Waals surface area contributed by atoms with E-state index in [1.165, 1.54) is 12.1 Å². The zero-order valence-corrected chi connectivity index (χ0v) is 14.2. The molecule has 0 aromatic heterocycles. The molecule has 2 aromatic rings. The summed E-state index contributed by atoms with van der Waals surface area (Å²) in [6.45, 7) is 0. The van der Waals surface area contributed by atoms with E-state index in [4.69, 9.17) is 23.8 Å². The van der Waals surface area contributed by atoms with Gasteiger partial charge in [-0.05, 0) is 54.9 Å². The van der Waals surface area contributed by atoms with E-state index < -0.39 is 0 Å². The highest BCUT2D eigenvalue weighted by molar-refractivity contribution is 7.80. The molecule has 1 fully saturated rings. The maximum Gasteiger partial charge on any atom is 0.171 e. The van der Waals surface area contributed by atoms with Crippen molar-refractivity contribution in [2.24, 2.45) is 0 Å². The third kappa shape index (κ3) is 3.65. The molecular formula is C18H18ClFN2S. The second-order valence-electron chi connectivity index (χ2n) is 5.86. The molecule has 1 aliphatic carbocycles. The summed E-state index contributed by atoms with van der Waals surface area (Å²) in [5.74, 6) is -0.292. The quantitative estimate of drug-likeness (QED) is 0.742. The molecule has 0 heterocycles. The van der Waals surface area contributed by atoms with Crippen LogP contribution < -0.4 is 10.6 Å². The lowest BCUT2D eigenvalue weighted by atomic mass is 9.88. The van der Waals surface area contributed by atoms with Gasteiger partial charge in [0.2, 0.25) is 0 Å². The van der Waals surface area contributed by atoms with Crippen LogP contribution >= 0.6 is 23.8 Å². The highest BCUT2D eigenvalue weighted by atomic mass is 35.5. The molecule has 0 unspecified atom stereocenters. The van der Waals surface area contributed by atoms with Gasteiger partial charge in [0, 0.05) is 10.7 Å². The van der Waals surface area contributed by atoms with Crippen LogP contribution in [0.25, 0.3) is 0 Å². The van der Waals surface area contributed by atoms with Crippen LogP contribution in [0.1, 0.15) is 31.2 Å². The van der Waals surface area contributed by atoms with Gasteiger partial charge >= 0.3 is 0 Å². The fourth-order valence-electron chi connectivity index (χ4n) is 3.24. The van der Waals surface area contributed by atoms with E-state index in [2.05, 4.69) is 10.6 Å². The summed E-state index contributed by atoms with van der Waals surface area (Å²) < 4.78 is 13.3. The Morgan fingerprint density at radius 3 is 2.52 bits per heavy atom. The number of halogens is 2. The molecule has 0 saturated heterocycles. The number of rotatable bonds is 3. The summed E-state index contributed by atoms with van der Waals surface area (Å²) in [5.41, 5.74) is 1.45. The van der Waals surface area contributed by atoms with E-state index in [9.17, 15) is 4.39 Å². The average molecular weight is 349 g/mol. The molecule has 0 radical (unpaired) electrons. The van der Waals surface area contributed by atoms with Gasteiger partial charge in [-0.3, -0.25) is 0 Å². The summed E-state index contributed by atoms with van der Waals surface area (Å²) in [6.07, 6.45) is 4.20. The van der Waals surface area contributed by atoms with Crippen LogP contribution in [0.2, 0.25) is 5.02 Å². The summed E-state index contributed by atoms with van der Waals surface area (Å²) in [6, 6.07) is 14.1. The minimum absolute atomic E-state index is 0.254. The zero-order valence-electron chi connectivity index (χ0n) is 12.6. The first-order chi connectivity index (χ1) is 11.1. The van der Waals surface area contributed by atoms with Crippen LogP contribution in [0, 0.1) is 5.82 Å². The Morgan fingerprint density at radius 1 is 1.09 bits per heavy atom. The predicted octanol–water partition coefficient (Wildman–Crippen LogP) is 5.24. The molecular weight excluding hydrogens is 331 g/mol. The smallest absolute Gasteiger partial charge is 0.171 e. The van der Waals surface area contributed by atoms with Gasteiger partial charge in [-0.1, -0.05) is 48.7 Å². The van der Waals surface area contributed by atoms with E-state index in [0.717, 1.165) is 36.3 Å². The Labute approximate surface area is 146 Å². The second-order valence-corrected chi connectivity index (χ2v) is 6.67. The summed E-state index contributed by atoms with van der Waals surface area (Å²) in [4.78, 5) is 0. The molecule has 23 heavy (non-hydrogen) atoms. The molecule has 3 rings (SSSR count). The van der Waals surface area contributed by atoms with Crippen LogP contribution in [0.15, 0.2) is 48.5 Å². The molecule has 0 spiro atoms. The van der Waals surface area contributed by atoms with Gasteiger partial charge in [0.25, 0.3) is 0 Å². The molecule has 1 saturated carbocycles. The van der Waals surface area contributed by atoms with Crippen molar-refractivity contribution in [3.63, 3.8) is 0 Å². The number of hydrogen-bond donors (Lipinski definition) is 2. The summed E-state index contributed by atoms with van der Waals surface area (Å²) >= 11 is 11.8. The fourth-order valence-corrected chi connectivity index (χ4v) is 3.87. The van der Waals surface area contributed by atoms with Gasteiger partial charge in [0.05, 0.1) is 5.54 Å². The van der Waals surface area contributed by atoms with E-state index >= 15 is 0 Å². The van der Waals surface area contributed by atoms with Gasteiger partial charge in [0.15, 0.2) is 5.11 Å². The van der Waals surface area contributed by atoms with Crippen molar-refractivity contribution in [2.75, 3.05) is 5.32 Å². The van der Waals surface area contributed by atoms with Gasteiger partial charge in [-0.25, -0.2) is 4.39 Å². The van der Waals surface area contributed by atoms with E-state index in [-0.39, 0.29) is 11.4 Å². The number of benzene rings is 2. The van der Waals surface area contributed by atoms with E-state index in [1.54, 1.807) is 12.1 Å². The monoisotopic (exact) mass is 348 g/mol. The molecule has 0 amide bonds. The lowest BCUT2D eigenvalue weighted by Gasteiger charge is -2.33. The first-order valence-electron chi connectivity index (χ1n) is 7.69. The Bertz CT molecular complexity index is 714. The van der Waals surface area contributed by atoms with Crippen molar-refractivity contribution < 1.29 is 4.39 Å². The topological polar surface area (TPSA) is 24.1 Å². The normalized spacial score (nSPS) is 16.1. The van der Waals surface area contributed by atoms with E-state index in [0.29, 0.717) is 10.8 Å². The third-order valence-electron chi connectivity index (χ3n) is 4.28. The highest BCUT2D eigenvalue weighted by Gasteiger charge is 2.37. The average Bonchev–Trinajstić information content (AvgIpc) is 2.97. The van der Waals surface area contributed by atoms with Crippen LogP contribution in [0.5, 0.6) is 0 Å². The van der Waals surface area contributed by atoms with Crippen molar-refractivity contribution >= 4 is 34.6 Å². The molecule has 5 heteroatoms. The van der Waals surface area contributed by atoms with Gasteiger partial charge in [0.1, 0.15) is 5.82 Å². The Balaban J connectivity index is 1.80. The van der Waals surface area contributed by atoms with Gasteiger partial charge < -0.3 is 10.6 Å². The zero-order chi connectivity index (χ0) is 16.3. The minimum atomic E-state index is -0.292. The number of nitrogens with one attached hydrogen (secondary N) is 2. The van der Waals surface area contributed by atoms with Crippen LogP contribution in [0.4, 0.5) is 10.1 Å². The lowest BCUT2D eigenvalue weighted by molar-refractivity contribution is 0.408. The van der Waals surface area contributed by atoms with Gasteiger partial charge in [-0.15, -0.1) is 0 Å². The van der Waals surface area contributed by atoms with Crippen molar-refractivity contribution in [3.05, 3.63) is 64.9 Å². The SMILES string of the molecule is Fc1cccc(NC(=S)NC2(c3ccccc3Cl)CCCC2)c1. The van der Waals surface area contributed by atoms with Crippen LogP contribution in [0.3, 0.4) is 0 Å². The standard InChI is InChI=1S/C18H18ClFN2S/c19-16-9-2-1-8-15(16)18(10-3-4-11-18)22-17(23)21-14-7-5-6-13(20)12-14/h1-2,5-9,12H,3-4,10-11H2,(H2,21,22,23). The minimum Gasteiger partial charge on any atom is -0.353 e. The third-order valence-corrected chi connectivity index (χ3v) is 4.82. The molecule has 1 aliphatic rings. The molecule has 2 nitrogen and oxygen atoms in total. The lowest BCUT2D eigenvalue weighted by Crippen LogP contribution is -2.45. The molecule has 0 bridgehead atoms. The van der Waals surface area contributed by atoms with E-state index in [1.807, 2.05) is 24.3 Å². The number of anilines is 1. The highest BCUT2D eigenvalue weighted by Crippen LogP contribution is 2.41. The van der Waals surface area contributed by atoms with Crippen LogP contribution in [-0.4, -0.2) is 5.11 Å². The van der Waals surface area contributed by atoms with Crippen LogP contribution in [-0.2, 0) is 5.54 Å². The summed E-state index contributed by atoms with van der Waals surface area (Å²) in [5, 5.41) is 7.72. The van der Waals surface area contributed by atoms with Gasteiger partial charge in [-0.2, -0.15) is 0 Å².